The van der Waals surface area contributed by atoms with E-state index < -0.39 is 0 Å². The summed E-state index contributed by atoms with van der Waals surface area (Å²) in [6.45, 7) is 3.24. The van der Waals surface area contributed by atoms with E-state index in [1.54, 1.807) is 7.05 Å². The predicted octanol–water partition coefficient (Wildman–Crippen LogP) is -0.549. The van der Waals surface area contributed by atoms with Crippen LogP contribution in [0.1, 0.15) is 0 Å². The van der Waals surface area contributed by atoms with Gasteiger partial charge in [-0.1, -0.05) is 6.58 Å². The molecule has 0 saturated heterocycles. The van der Waals surface area contributed by atoms with Crippen molar-refractivity contribution < 1.29 is 4.79 Å². The van der Waals surface area contributed by atoms with E-state index >= 15 is 0 Å². The summed E-state index contributed by atoms with van der Waals surface area (Å²) in [5, 5.41) is 0. The van der Waals surface area contributed by atoms with Crippen LogP contribution in [0, 0.1) is 0 Å². The van der Waals surface area contributed by atoms with Gasteiger partial charge in [-0.15, -0.1) is 0 Å². The standard InChI is InChI=1S/C5H9N3O/c1-3-5(9)8-7-4-6-2/h3-4H,1H2,2H3,(H,6,7)(H,8,9). The smallest absolute Gasteiger partial charge is 0.261 e. The van der Waals surface area contributed by atoms with Crippen LogP contribution in [-0.2, 0) is 4.79 Å². The quantitative estimate of drug-likeness (QED) is 0.231. The summed E-state index contributed by atoms with van der Waals surface area (Å²) in [6.07, 6.45) is 2.53. The van der Waals surface area contributed by atoms with E-state index in [4.69, 9.17) is 0 Å². The monoisotopic (exact) mass is 127 g/mol. The first-order valence-electron chi connectivity index (χ1n) is 2.40. The topological polar surface area (TPSA) is 53.5 Å². The van der Waals surface area contributed by atoms with Gasteiger partial charge in [0.15, 0.2) is 0 Å². The van der Waals surface area contributed by atoms with E-state index in [1.807, 2.05) is 0 Å². The average molecular weight is 127 g/mol. The summed E-state index contributed by atoms with van der Waals surface area (Å²) in [5.41, 5.74) is 4.70. The largest absolute Gasteiger partial charge is 0.288 e. The molecule has 0 atom stereocenters. The lowest BCUT2D eigenvalue weighted by molar-refractivity contribution is -0.116. The second-order valence-corrected chi connectivity index (χ2v) is 1.23. The minimum Gasteiger partial charge on any atom is -0.288 e. The van der Waals surface area contributed by atoms with Crippen LogP contribution in [-0.4, -0.2) is 19.3 Å². The summed E-state index contributed by atoms with van der Waals surface area (Å²) < 4.78 is 0. The van der Waals surface area contributed by atoms with Crippen LogP contribution in [0.3, 0.4) is 0 Å². The van der Waals surface area contributed by atoms with Gasteiger partial charge in [-0.05, 0) is 6.08 Å². The molecule has 4 heteroatoms. The number of hydrogen-bond acceptors (Lipinski definition) is 2. The highest BCUT2D eigenvalue weighted by Crippen LogP contribution is 1.58. The Balaban J connectivity index is 3.27. The Kier molecular flexibility index (Phi) is 4.12. The molecule has 0 aliphatic carbocycles. The number of carbonyl (C=O) groups is 1. The van der Waals surface area contributed by atoms with E-state index in [0.717, 1.165) is 6.08 Å². The zero-order valence-corrected chi connectivity index (χ0v) is 5.22. The van der Waals surface area contributed by atoms with Crippen molar-refractivity contribution in [3.05, 3.63) is 12.7 Å². The first-order valence-corrected chi connectivity index (χ1v) is 2.40. The Morgan fingerprint density at radius 2 is 2.44 bits per heavy atom. The maximum absolute atomic E-state index is 10.3. The molecule has 0 unspecified atom stereocenters. The molecular weight excluding hydrogens is 118 g/mol. The zero-order valence-electron chi connectivity index (χ0n) is 5.22. The van der Waals surface area contributed by atoms with Crippen molar-refractivity contribution in [2.75, 3.05) is 7.05 Å². The molecule has 0 radical (unpaired) electrons. The Labute approximate surface area is 53.6 Å². The number of nitrogens with one attached hydrogen (secondary N) is 2. The fraction of sp³-hybridized carbons (Fsp3) is 0.200. The third kappa shape index (κ3) is 4.53. The normalized spacial score (nSPS) is 9.00. The second kappa shape index (κ2) is 4.83. The van der Waals surface area contributed by atoms with Gasteiger partial charge < -0.3 is 0 Å². The van der Waals surface area contributed by atoms with Gasteiger partial charge in [-0.2, -0.15) is 0 Å². The molecule has 0 fully saturated rings. The molecule has 1 amide bonds. The van der Waals surface area contributed by atoms with E-state index in [1.165, 1.54) is 6.34 Å². The fourth-order valence-electron chi connectivity index (χ4n) is 0.219. The Morgan fingerprint density at radius 1 is 1.78 bits per heavy atom. The van der Waals surface area contributed by atoms with Crippen molar-refractivity contribution >= 4 is 12.2 Å². The summed E-state index contributed by atoms with van der Waals surface area (Å²) in [5.74, 6) is -0.282. The van der Waals surface area contributed by atoms with Crippen LogP contribution in [0.15, 0.2) is 17.6 Å². The van der Waals surface area contributed by atoms with Gasteiger partial charge in [0.1, 0.15) is 6.34 Å². The molecule has 0 aromatic rings. The fourth-order valence-corrected chi connectivity index (χ4v) is 0.219. The molecule has 9 heavy (non-hydrogen) atoms. The second-order valence-electron chi connectivity index (χ2n) is 1.23. The number of rotatable bonds is 3. The average Bonchev–Trinajstić information content (AvgIpc) is 1.89. The van der Waals surface area contributed by atoms with Gasteiger partial charge in [0, 0.05) is 7.05 Å². The summed E-state index contributed by atoms with van der Waals surface area (Å²) in [4.78, 5) is 13.9. The lowest BCUT2D eigenvalue weighted by Crippen LogP contribution is -2.34. The van der Waals surface area contributed by atoms with E-state index in [0.29, 0.717) is 0 Å². The van der Waals surface area contributed by atoms with E-state index in [9.17, 15) is 4.79 Å². The molecule has 0 saturated carbocycles. The molecule has 4 nitrogen and oxygen atoms in total. The molecule has 2 N–H and O–H groups in total. The molecular formula is C5H9N3O. The van der Waals surface area contributed by atoms with Crippen molar-refractivity contribution in [1.29, 1.82) is 0 Å². The van der Waals surface area contributed by atoms with Crippen LogP contribution in [0.25, 0.3) is 0 Å². The Bertz CT molecular complexity index is 130. The zero-order chi connectivity index (χ0) is 7.11. The lowest BCUT2D eigenvalue weighted by Gasteiger charge is -1.96. The maximum Gasteiger partial charge on any atom is 0.261 e. The molecule has 0 aromatic carbocycles. The molecule has 0 bridgehead atoms. The number of aliphatic imine (C=N–C) groups is 1. The molecule has 50 valence electrons. The summed E-state index contributed by atoms with van der Waals surface area (Å²) >= 11 is 0. The maximum atomic E-state index is 10.3. The van der Waals surface area contributed by atoms with Crippen molar-refractivity contribution in [2.45, 2.75) is 0 Å². The molecule has 0 rings (SSSR count). The van der Waals surface area contributed by atoms with Gasteiger partial charge in [0.05, 0.1) is 0 Å². The molecule has 0 aromatic heterocycles. The van der Waals surface area contributed by atoms with Crippen LogP contribution >= 0.6 is 0 Å². The predicted molar refractivity (Wildman–Crippen MR) is 35.9 cm³/mol. The van der Waals surface area contributed by atoms with Crippen molar-refractivity contribution in [3.63, 3.8) is 0 Å². The highest BCUT2D eigenvalue weighted by atomic mass is 16.2. The number of hydrogen-bond donors (Lipinski definition) is 2. The third-order valence-corrected chi connectivity index (χ3v) is 0.574. The van der Waals surface area contributed by atoms with E-state index in [-0.39, 0.29) is 5.91 Å². The van der Waals surface area contributed by atoms with Gasteiger partial charge in [-0.25, -0.2) is 0 Å². The van der Waals surface area contributed by atoms with Crippen molar-refractivity contribution in [2.24, 2.45) is 4.99 Å². The van der Waals surface area contributed by atoms with Crippen molar-refractivity contribution in [1.82, 2.24) is 10.9 Å². The van der Waals surface area contributed by atoms with Crippen molar-refractivity contribution in [3.8, 4) is 0 Å². The lowest BCUT2D eigenvalue weighted by atomic mass is 10.6. The number of hydrazine groups is 1. The Morgan fingerprint density at radius 3 is 2.89 bits per heavy atom. The molecule has 0 aliphatic rings. The van der Waals surface area contributed by atoms with Gasteiger partial charge >= 0.3 is 0 Å². The van der Waals surface area contributed by atoms with Crippen LogP contribution in [0.5, 0.6) is 0 Å². The molecule has 0 spiro atoms. The van der Waals surface area contributed by atoms with Crippen LogP contribution < -0.4 is 10.9 Å². The molecule has 0 aliphatic heterocycles. The Hall–Kier alpha value is -1.32. The third-order valence-electron chi connectivity index (χ3n) is 0.574. The SMILES string of the molecule is C=CC(=O)NNC=NC. The highest BCUT2D eigenvalue weighted by molar-refractivity contribution is 5.87. The van der Waals surface area contributed by atoms with Crippen LogP contribution in [0.4, 0.5) is 0 Å². The summed E-state index contributed by atoms with van der Waals surface area (Å²) in [7, 11) is 1.59. The van der Waals surface area contributed by atoms with E-state index in [2.05, 4.69) is 22.4 Å². The van der Waals surface area contributed by atoms with Gasteiger partial charge in [0.2, 0.25) is 0 Å². The van der Waals surface area contributed by atoms with Crippen LogP contribution in [0.2, 0.25) is 0 Å². The number of nitrogens with zero attached hydrogens (tertiary/aromatic N) is 1. The van der Waals surface area contributed by atoms with Gasteiger partial charge in [-0.3, -0.25) is 20.6 Å². The highest BCUT2D eigenvalue weighted by Gasteiger charge is 1.84. The van der Waals surface area contributed by atoms with Gasteiger partial charge in [0.25, 0.3) is 5.91 Å². The number of carbonyl (C=O) groups excluding carboxylic acids is 1. The minimum atomic E-state index is -0.282. The number of amides is 1. The first-order chi connectivity index (χ1) is 4.31. The first kappa shape index (κ1) is 7.68. The summed E-state index contributed by atoms with van der Waals surface area (Å²) in [6, 6.07) is 0. The molecule has 0 heterocycles. The minimum absolute atomic E-state index is 0.282.